The molecule has 1 unspecified atom stereocenters. The van der Waals surface area contributed by atoms with Crippen LogP contribution in [0.15, 0.2) is 40.9 Å². The molecule has 0 fully saturated rings. The second-order valence-corrected chi connectivity index (χ2v) is 6.11. The Balaban J connectivity index is 2.31. The van der Waals surface area contributed by atoms with Crippen LogP contribution < -0.4 is 0 Å². The highest BCUT2D eigenvalue weighted by Crippen LogP contribution is 2.33. The largest absolute Gasteiger partial charge is 0.207 e. The lowest BCUT2D eigenvalue weighted by Gasteiger charge is -2.15. The predicted octanol–water partition coefficient (Wildman–Crippen LogP) is 6.07. The molecular weight excluding hydrogens is 350 g/mol. The Hall–Kier alpha value is -0.570. The van der Waals surface area contributed by atoms with Gasteiger partial charge in [-0.25, -0.2) is 4.39 Å². The molecule has 0 aliphatic carbocycles. The first-order valence-electron chi connectivity index (χ1n) is 5.82. The highest BCUT2D eigenvalue weighted by molar-refractivity contribution is 9.10. The minimum absolute atomic E-state index is 0.313. The summed E-state index contributed by atoms with van der Waals surface area (Å²) in [5, 5.41) is 0.102. The minimum atomic E-state index is -0.314. The molecule has 1 atom stereocenters. The second kappa shape index (κ2) is 6.25. The van der Waals surface area contributed by atoms with Crippen molar-refractivity contribution in [3.05, 3.63) is 68.4 Å². The molecule has 0 bridgehead atoms. The maximum atomic E-state index is 13.8. The van der Waals surface area contributed by atoms with Gasteiger partial charge in [0.25, 0.3) is 0 Å². The van der Waals surface area contributed by atoms with Crippen LogP contribution in [-0.2, 0) is 6.42 Å². The van der Waals surface area contributed by atoms with Crippen molar-refractivity contribution < 1.29 is 4.39 Å². The van der Waals surface area contributed by atoms with E-state index < -0.39 is 0 Å². The number of rotatable bonds is 3. The summed E-state index contributed by atoms with van der Waals surface area (Å²) in [7, 11) is 0. The number of hydrogen-bond acceptors (Lipinski definition) is 0. The van der Waals surface area contributed by atoms with Crippen molar-refractivity contribution >= 4 is 39.1 Å². The fourth-order valence-electron chi connectivity index (χ4n) is 1.98. The number of alkyl halides is 1. The van der Waals surface area contributed by atoms with Crippen LogP contribution >= 0.6 is 39.1 Å². The van der Waals surface area contributed by atoms with Crippen molar-refractivity contribution in [1.29, 1.82) is 0 Å². The Morgan fingerprint density at radius 1 is 1.21 bits per heavy atom. The molecule has 100 valence electrons. The van der Waals surface area contributed by atoms with Crippen molar-refractivity contribution in [1.82, 2.24) is 0 Å². The summed E-state index contributed by atoms with van der Waals surface area (Å²) in [4.78, 5) is 0. The Kier molecular flexibility index (Phi) is 4.88. The van der Waals surface area contributed by atoms with Gasteiger partial charge in [-0.1, -0.05) is 45.7 Å². The zero-order valence-electron chi connectivity index (χ0n) is 10.3. The molecule has 0 N–H and O–H groups in total. The molecule has 2 aromatic carbocycles. The Morgan fingerprint density at radius 3 is 2.58 bits per heavy atom. The highest BCUT2D eigenvalue weighted by atomic mass is 79.9. The maximum absolute atomic E-state index is 13.8. The van der Waals surface area contributed by atoms with Crippen LogP contribution in [0.25, 0.3) is 0 Å². The molecule has 0 saturated heterocycles. The summed E-state index contributed by atoms with van der Waals surface area (Å²) < 4.78 is 14.7. The van der Waals surface area contributed by atoms with Crippen molar-refractivity contribution in [3.63, 3.8) is 0 Å². The SMILES string of the molecule is Cc1c(Br)cccc1C(Cl)Cc1c(F)cccc1Cl. The maximum Gasteiger partial charge on any atom is 0.127 e. The van der Waals surface area contributed by atoms with E-state index in [1.165, 1.54) is 6.07 Å². The van der Waals surface area contributed by atoms with E-state index in [0.29, 0.717) is 17.0 Å². The number of hydrogen-bond donors (Lipinski definition) is 0. The van der Waals surface area contributed by atoms with Crippen LogP contribution in [0.2, 0.25) is 5.02 Å². The molecule has 0 heterocycles. The lowest BCUT2D eigenvalue weighted by atomic mass is 10.00. The molecule has 19 heavy (non-hydrogen) atoms. The van der Waals surface area contributed by atoms with Crippen molar-refractivity contribution in [2.75, 3.05) is 0 Å². The van der Waals surface area contributed by atoms with E-state index in [1.807, 2.05) is 25.1 Å². The minimum Gasteiger partial charge on any atom is -0.207 e. The molecule has 2 aromatic rings. The molecule has 4 heteroatoms. The zero-order valence-corrected chi connectivity index (χ0v) is 13.4. The first-order valence-corrected chi connectivity index (χ1v) is 7.43. The molecule has 0 amide bonds. The molecule has 0 aliphatic heterocycles. The van der Waals surface area contributed by atoms with Crippen LogP contribution in [0.3, 0.4) is 0 Å². The molecular formula is C15H12BrCl2F. The smallest absolute Gasteiger partial charge is 0.127 e. The van der Waals surface area contributed by atoms with Gasteiger partial charge in [0.1, 0.15) is 5.82 Å². The average Bonchev–Trinajstić information content (AvgIpc) is 2.37. The van der Waals surface area contributed by atoms with Gasteiger partial charge in [0.05, 0.1) is 5.38 Å². The monoisotopic (exact) mass is 360 g/mol. The lowest BCUT2D eigenvalue weighted by molar-refractivity contribution is 0.607. The Labute approximate surface area is 130 Å². The second-order valence-electron chi connectivity index (χ2n) is 4.33. The van der Waals surface area contributed by atoms with Crippen LogP contribution in [0.5, 0.6) is 0 Å². The molecule has 0 nitrogen and oxygen atoms in total. The van der Waals surface area contributed by atoms with E-state index in [0.717, 1.165) is 15.6 Å². The summed E-state index contributed by atoms with van der Waals surface area (Å²) in [5.74, 6) is -0.314. The van der Waals surface area contributed by atoms with E-state index in [9.17, 15) is 4.39 Å². The number of halogens is 4. The standard InChI is InChI=1S/C15H12BrCl2F/c1-9-10(4-2-5-12(9)16)14(18)8-11-13(17)6-3-7-15(11)19/h2-7,14H,8H2,1H3. The summed E-state index contributed by atoms with van der Waals surface area (Å²) in [6.07, 6.45) is 0.365. The van der Waals surface area contributed by atoms with Crippen molar-refractivity contribution in [3.8, 4) is 0 Å². The van der Waals surface area contributed by atoms with Crippen molar-refractivity contribution in [2.45, 2.75) is 18.7 Å². The van der Waals surface area contributed by atoms with Gasteiger partial charge in [0, 0.05) is 15.1 Å². The van der Waals surface area contributed by atoms with E-state index >= 15 is 0 Å². The summed E-state index contributed by atoms with van der Waals surface area (Å²) in [5.41, 5.74) is 2.51. The third-order valence-corrected chi connectivity index (χ3v) is 4.69. The molecule has 0 aromatic heterocycles. The zero-order chi connectivity index (χ0) is 14.0. The fraction of sp³-hybridized carbons (Fsp3) is 0.200. The van der Waals surface area contributed by atoms with Gasteiger partial charge in [0.15, 0.2) is 0 Å². The van der Waals surface area contributed by atoms with Crippen LogP contribution in [-0.4, -0.2) is 0 Å². The van der Waals surface area contributed by atoms with E-state index in [2.05, 4.69) is 15.9 Å². The van der Waals surface area contributed by atoms with Gasteiger partial charge < -0.3 is 0 Å². The summed E-state index contributed by atoms with van der Waals surface area (Å²) in [6.45, 7) is 1.98. The van der Waals surface area contributed by atoms with Gasteiger partial charge in [-0.3, -0.25) is 0 Å². The van der Waals surface area contributed by atoms with E-state index in [1.54, 1.807) is 12.1 Å². The molecule has 0 saturated carbocycles. The lowest BCUT2D eigenvalue weighted by Crippen LogP contribution is -2.01. The van der Waals surface area contributed by atoms with E-state index in [-0.39, 0.29) is 11.2 Å². The van der Waals surface area contributed by atoms with Crippen LogP contribution in [0.4, 0.5) is 4.39 Å². The molecule has 0 aliphatic rings. The third-order valence-electron chi connectivity index (χ3n) is 3.09. The van der Waals surface area contributed by atoms with Gasteiger partial charge in [-0.15, -0.1) is 11.6 Å². The first kappa shape index (κ1) is 14.8. The van der Waals surface area contributed by atoms with Gasteiger partial charge in [0.2, 0.25) is 0 Å². The first-order chi connectivity index (χ1) is 9.00. The molecule has 0 radical (unpaired) electrons. The Bertz CT molecular complexity index is 578. The van der Waals surface area contributed by atoms with Gasteiger partial charge in [-0.2, -0.15) is 0 Å². The van der Waals surface area contributed by atoms with Gasteiger partial charge >= 0.3 is 0 Å². The highest BCUT2D eigenvalue weighted by Gasteiger charge is 2.16. The predicted molar refractivity (Wildman–Crippen MR) is 82.6 cm³/mol. The quantitative estimate of drug-likeness (QED) is 0.581. The summed E-state index contributed by atoms with van der Waals surface area (Å²) in [6, 6.07) is 10.5. The molecule has 0 spiro atoms. The third kappa shape index (κ3) is 3.31. The normalized spacial score (nSPS) is 12.5. The molecule has 2 rings (SSSR count). The van der Waals surface area contributed by atoms with E-state index in [4.69, 9.17) is 23.2 Å². The summed E-state index contributed by atoms with van der Waals surface area (Å²) >= 11 is 15.9. The van der Waals surface area contributed by atoms with Crippen molar-refractivity contribution in [2.24, 2.45) is 0 Å². The van der Waals surface area contributed by atoms with Crippen LogP contribution in [0, 0.1) is 12.7 Å². The number of benzene rings is 2. The fourth-order valence-corrected chi connectivity index (χ4v) is 2.99. The Morgan fingerprint density at radius 2 is 1.89 bits per heavy atom. The van der Waals surface area contributed by atoms with Gasteiger partial charge in [-0.05, 0) is 42.7 Å². The average molecular weight is 362 g/mol. The topological polar surface area (TPSA) is 0 Å². The van der Waals surface area contributed by atoms with Crippen LogP contribution in [0.1, 0.15) is 22.1 Å².